The summed E-state index contributed by atoms with van der Waals surface area (Å²) in [7, 11) is 0. The molecule has 5 heteroatoms. The number of para-hydroxylation sites is 1. The number of halogens is 1. The Hall–Kier alpha value is -1.33. The number of nitrogens with zero attached hydrogens (tertiary/aromatic N) is 1. The smallest absolute Gasteiger partial charge is 0.274 e. The van der Waals surface area contributed by atoms with E-state index in [1.165, 1.54) is 4.68 Å². The van der Waals surface area contributed by atoms with Gasteiger partial charge in [0.1, 0.15) is 0 Å². The van der Waals surface area contributed by atoms with Crippen molar-refractivity contribution < 1.29 is 5.11 Å². The van der Waals surface area contributed by atoms with Gasteiger partial charge in [-0.2, -0.15) is 0 Å². The summed E-state index contributed by atoms with van der Waals surface area (Å²) in [6.45, 7) is 1.81. The predicted molar refractivity (Wildman–Crippen MR) is 69.6 cm³/mol. The standard InChI is InChI=1S/C12H13BrN2O2/c1-8-9(6-7-16)12(17)15(14-8)11-5-3-2-4-10(11)13/h2-5,14,16H,6-7H2,1H3. The van der Waals surface area contributed by atoms with E-state index in [1.807, 2.05) is 31.2 Å². The first kappa shape index (κ1) is 12.1. The Morgan fingerprint density at radius 2 is 2.12 bits per heavy atom. The molecule has 2 rings (SSSR count). The first-order chi connectivity index (χ1) is 8.15. The first-order valence-electron chi connectivity index (χ1n) is 5.31. The van der Waals surface area contributed by atoms with Crippen molar-refractivity contribution in [2.45, 2.75) is 13.3 Å². The summed E-state index contributed by atoms with van der Waals surface area (Å²) in [5.41, 5.74) is 2.08. The zero-order chi connectivity index (χ0) is 12.4. The van der Waals surface area contributed by atoms with Crippen molar-refractivity contribution in [3.05, 3.63) is 50.3 Å². The number of H-pyrrole nitrogens is 1. The average molecular weight is 297 g/mol. The Labute approximate surface area is 107 Å². The van der Waals surface area contributed by atoms with Gasteiger partial charge in [0.25, 0.3) is 5.56 Å². The van der Waals surface area contributed by atoms with Gasteiger partial charge in [0.05, 0.1) is 5.69 Å². The maximum absolute atomic E-state index is 12.1. The normalized spacial score (nSPS) is 10.8. The van der Waals surface area contributed by atoms with Gasteiger partial charge in [-0.15, -0.1) is 0 Å². The molecule has 0 aliphatic heterocycles. The Morgan fingerprint density at radius 1 is 1.41 bits per heavy atom. The van der Waals surface area contributed by atoms with E-state index in [-0.39, 0.29) is 12.2 Å². The number of hydrogen-bond acceptors (Lipinski definition) is 2. The van der Waals surface area contributed by atoms with Crippen LogP contribution in [-0.4, -0.2) is 21.5 Å². The van der Waals surface area contributed by atoms with Crippen LogP contribution in [0.1, 0.15) is 11.3 Å². The van der Waals surface area contributed by atoms with Gasteiger partial charge in [-0.05, 0) is 35.0 Å². The topological polar surface area (TPSA) is 58.0 Å². The van der Waals surface area contributed by atoms with Crippen LogP contribution in [0.25, 0.3) is 5.69 Å². The van der Waals surface area contributed by atoms with Gasteiger partial charge in [0, 0.05) is 28.8 Å². The number of aryl methyl sites for hydroxylation is 1. The van der Waals surface area contributed by atoms with E-state index in [2.05, 4.69) is 21.0 Å². The maximum atomic E-state index is 12.1. The number of aliphatic hydroxyl groups is 1. The Bertz CT molecular complexity index is 586. The minimum atomic E-state index is -0.108. The second kappa shape index (κ2) is 4.89. The molecule has 2 N–H and O–H groups in total. The monoisotopic (exact) mass is 296 g/mol. The number of rotatable bonds is 3. The van der Waals surface area contributed by atoms with Crippen molar-refractivity contribution in [3.8, 4) is 5.69 Å². The lowest BCUT2D eigenvalue weighted by Crippen LogP contribution is -2.18. The van der Waals surface area contributed by atoms with Crippen molar-refractivity contribution in [3.63, 3.8) is 0 Å². The van der Waals surface area contributed by atoms with Gasteiger partial charge in [-0.25, -0.2) is 4.68 Å². The summed E-state index contributed by atoms with van der Waals surface area (Å²) in [6, 6.07) is 7.49. The molecule has 1 heterocycles. The molecule has 0 spiro atoms. The number of nitrogens with one attached hydrogen (secondary N) is 1. The lowest BCUT2D eigenvalue weighted by molar-refractivity contribution is 0.299. The van der Waals surface area contributed by atoms with Crippen LogP contribution >= 0.6 is 15.9 Å². The van der Waals surface area contributed by atoms with E-state index in [0.29, 0.717) is 12.0 Å². The molecular weight excluding hydrogens is 284 g/mol. The number of aliphatic hydroxyl groups excluding tert-OH is 1. The van der Waals surface area contributed by atoms with E-state index >= 15 is 0 Å². The molecule has 0 unspecified atom stereocenters. The average Bonchev–Trinajstić information content (AvgIpc) is 2.58. The highest BCUT2D eigenvalue weighted by Gasteiger charge is 2.12. The fourth-order valence-corrected chi connectivity index (χ4v) is 2.25. The van der Waals surface area contributed by atoms with Crippen LogP contribution in [0.3, 0.4) is 0 Å². The second-order valence-electron chi connectivity index (χ2n) is 3.78. The number of benzene rings is 1. The van der Waals surface area contributed by atoms with Crippen molar-refractivity contribution in [2.75, 3.05) is 6.61 Å². The molecule has 90 valence electrons. The van der Waals surface area contributed by atoms with Crippen LogP contribution < -0.4 is 5.56 Å². The third-order valence-corrected chi connectivity index (χ3v) is 3.32. The summed E-state index contributed by atoms with van der Waals surface area (Å²) in [5.74, 6) is 0. The zero-order valence-electron chi connectivity index (χ0n) is 9.40. The molecule has 17 heavy (non-hydrogen) atoms. The lowest BCUT2D eigenvalue weighted by Gasteiger charge is -2.03. The Morgan fingerprint density at radius 3 is 2.76 bits per heavy atom. The summed E-state index contributed by atoms with van der Waals surface area (Å²) < 4.78 is 2.34. The van der Waals surface area contributed by atoms with Gasteiger partial charge < -0.3 is 5.11 Å². The minimum absolute atomic E-state index is 0.0239. The number of aromatic amines is 1. The van der Waals surface area contributed by atoms with Crippen molar-refractivity contribution in [1.82, 2.24) is 9.78 Å². The molecule has 0 aliphatic rings. The van der Waals surface area contributed by atoms with E-state index < -0.39 is 0 Å². The van der Waals surface area contributed by atoms with E-state index in [1.54, 1.807) is 0 Å². The number of aromatic nitrogens is 2. The van der Waals surface area contributed by atoms with E-state index in [0.717, 1.165) is 15.9 Å². The minimum Gasteiger partial charge on any atom is -0.396 e. The lowest BCUT2D eigenvalue weighted by atomic mass is 10.2. The molecule has 0 saturated heterocycles. The van der Waals surface area contributed by atoms with E-state index in [9.17, 15) is 4.79 Å². The molecule has 1 aromatic heterocycles. The SMILES string of the molecule is Cc1[nH]n(-c2ccccc2Br)c(=O)c1CCO. The molecule has 0 aliphatic carbocycles. The highest BCUT2D eigenvalue weighted by atomic mass is 79.9. The molecule has 0 saturated carbocycles. The van der Waals surface area contributed by atoms with Crippen LogP contribution in [0, 0.1) is 6.92 Å². The number of hydrogen-bond donors (Lipinski definition) is 2. The quantitative estimate of drug-likeness (QED) is 0.907. The van der Waals surface area contributed by atoms with E-state index in [4.69, 9.17) is 5.11 Å². The van der Waals surface area contributed by atoms with Crippen LogP contribution in [0.4, 0.5) is 0 Å². The summed E-state index contributed by atoms with van der Waals surface area (Å²) >= 11 is 3.41. The van der Waals surface area contributed by atoms with Gasteiger partial charge in [-0.3, -0.25) is 9.89 Å². The van der Waals surface area contributed by atoms with Gasteiger partial charge in [0.2, 0.25) is 0 Å². The van der Waals surface area contributed by atoms with Crippen molar-refractivity contribution >= 4 is 15.9 Å². The fraction of sp³-hybridized carbons (Fsp3) is 0.250. The fourth-order valence-electron chi connectivity index (χ4n) is 1.79. The highest BCUT2D eigenvalue weighted by molar-refractivity contribution is 9.10. The highest BCUT2D eigenvalue weighted by Crippen LogP contribution is 2.19. The van der Waals surface area contributed by atoms with Gasteiger partial charge >= 0.3 is 0 Å². The molecule has 2 aromatic rings. The molecule has 0 amide bonds. The molecule has 1 aromatic carbocycles. The third kappa shape index (κ3) is 2.21. The molecule has 0 radical (unpaired) electrons. The Balaban J connectivity index is 2.58. The maximum Gasteiger partial charge on any atom is 0.274 e. The molecule has 0 fully saturated rings. The summed E-state index contributed by atoms with van der Waals surface area (Å²) in [5, 5.41) is 11.9. The van der Waals surface area contributed by atoms with Crippen LogP contribution in [-0.2, 0) is 6.42 Å². The second-order valence-corrected chi connectivity index (χ2v) is 4.64. The molecule has 4 nitrogen and oxygen atoms in total. The largest absolute Gasteiger partial charge is 0.396 e. The third-order valence-electron chi connectivity index (χ3n) is 2.65. The Kier molecular flexibility index (Phi) is 3.49. The summed E-state index contributed by atoms with van der Waals surface area (Å²) in [6.07, 6.45) is 0.374. The van der Waals surface area contributed by atoms with Crippen LogP contribution in [0.5, 0.6) is 0 Å². The van der Waals surface area contributed by atoms with Crippen molar-refractivity contribution in [2.24, 2.45) is 0 Å². The molecule has 0 atom stereocenters. The van der Waals surface area contributed by atoms with Gasteiger partial charge in [-0.1, -0.05) is 12.1 Å². The predicted octanol–water partition coefficient (Wildman–Crippen LogP) is 1.77. The van der Waals surface area contributed by atoms with Crippen LogP contribution in [0.2, 0.25) is 0 Å². The van der Waals surface area contributed by atoms with Crippen molar-refractivity contribution in [1.29, 1.82) is 0 Å². The summed E-state index contributed by atoms with van der Waals surface area (Å²) in [4.78, 5) is 12.1. The zero-order valence-corrected chi connectivity index (χ0v) is 11.0. The van der Waals surface area contributed by atoms with Gasteiger partial charge in [0.15, 0.2) is 0 Å². The molecule has 0 bridgehead atoms. The first-order valence-corrected chi connectivity index (χ1v) is 6.10. The molecular formula is C12H13BrN2O2. The van der Waals surface area contributed by atoms with Crippen LogP contribution in [0.15, 0.2) is 33.5 Å².